The van der Waals surface area contributed by atoms with Gasteiger partial charge in [0.1, 0.15) is 6.04 Å². The molecule has 9 nitrogen and oxygen atoms in total. The lowest BCUT2D eigenvalue weighted by atomic mass is 10.0. The van der Waals surface area contributed by atoms with Crippen LogP contribution in [0, 0.1) is 16.0 Å². The third-order valence-corrected chi connectivity index (χ3v) is 3.09. The first kappa shape index (κ1) is 19.1. The monoisotopic (exact) mass is 337 g/mol. The number of hydrogen-bond acceptors (Lipinski definition) is 5. The molecule has 9 heteroatoms. The van der Waals surface area contributed by atoms with Crippen molar-refractivity contribution in [3.8, 4) is 0 Å². The summed E-state index contributed by atoms with van der Waals surface area (Å²) in [7, 11) is 0. The van der Waals surface area contributed by atoms with Crippen molar-refractivity contribution >= 4 is 23.5 Å². The second-order valence-corrected chi connectivity index (χ2v) is 5.57. The van der Waals surface area contributed by atoms with E-state index in [1.165, 1.54) is 24.3 Å². The standard InChI is InChI=1S/C15H19N3O6/c1-9(2)7-12(15(21)22)17-13(19)8-16-14(20)10-3-5-11(6-4-10)18(23)24/h3-6,9,12H,7-8H2,1-2H3,(H,16,20)(H,17,19)(H,21,22)/t12-/m1/s1. The number of aliphatic carboxylic acids is 1. The molecule has 3 N–H and O–H groups in total. The van der Waals surface area contributed by atoms with Gasteiger partial charge in [-0.05, 0) is 24.5 Å². The largest absolute Gasteiger partial charge is 0.480 e. The number of nitro benzene ring substituents is 1. The van der Waals surface area contributed by atoms with E-state index in [0.717, 1.165) is 0 Å². The molecule has 0 fully saturated rings. The van der Waals surface area contributed by atoms with Crippen molar-refractivity contribution in [2.45, 2.75) is 26.3 Å². The number of carbonyl (C=O) groups is 3. The van der Waals surface area contributed by atoms with Gasteiger partial charge in [0.15, 0.2) is 0 Å². The number of carboxylic acid groups (broad SMARTS) is 1. The zero-order chi connectivity index (χ0) is 18.3. The fraction of sp³-hybridized carbons (Fsp3) is 0.400. The van der Waals surface area contributed by atoms with Gasteiger partial charge in [-0.15, -0.1) is 0 Å². The minimum atomic E-state index is -1.14. The second-order valence-electron chi connectivity index (χ2n) is 5.57. The van der Waals surface area contributed by atoms with Gasteiger partial charge >= 0.3 is 5.97 Å². The van der Waals surface area contributed by atoms with Crippen LogP contribution in [0.1, 0.15) is 30.6 Å². The Labute approximate surface area is 138 Å². The molecule has 0 heterocycles. The van der Waals surface area contributed by atoms with E-state index < -0.39 is 35.3 Å². The average molecular weight is 337 g/mol. The Morgan fingerprint density at radius 3 is 2.25 bits per heavy atom. The molecule has 1 rings (SSSR count). The number of amides is 2. The fourth-order valence-electron chi connectivity index (χ4n) is 1.94. The number of carbonyl (C=O) groups excluding carboxylic acids is 2. The van der Waals surface area contributed by atoms with Gasteiger partial charge in [-0.1, -0.05) is 13.8 Å². The summed E-state index contributed by atoms with van der Waals surface area (Å²) in [5.74, 6) is -2.27. The van der Waals surface area contributed by atoms with Crippen molar-refractivity contribution < 1.29 is 24.4 Å². The fourth-order valence-corrected chi connectivity index (χ4v) is 1.94. The molecule has 1 aromatic rings. The van der Waals surface area contributed by atoms with Crippen molar-refractivity contribution in [3.05, 3.63) is 39.9 Å². The number of nitrogens with zero attached hydrogens (tertiary/aromatic N) is 1. The molecule has 0 saturated heterocycles. The Bertz CT molecular complexity index is 627. The van der Waals surface area contributed by atoms with E-state index in [-0.39, 0.29) is 23.6 Å². The zero-order valence-electron chi connectivity index (χ0n) is 13.3. The van der Waals surface area contributed by atoms with E-state index >= 15 is 0 Å². The Hall–Kier alpha value is -2.97. The Balaban J connectivity index is 2.55. The Morgan fingerprint density at radius 2 is 1.79 bits per heavy atom. The van der Waals surface area contributed by atoms with Crippen molar-refractivity contribution in [2.75, 3.05) is 6.54 Å². The molecule has 0 aliphatic rings. The van der Waals surface area contributed by atoms with Crippen LogP contribution in [0.5, 0.6) is 0 Å². The molecule has 1 atom stereocenters. The van der Waals surface area contributed by atoms with Gasteiger partial charge in [0.2, 0.25) is 5.91 Å². The van der Waals surface area contributed by atoms with Crippen LogP contribution < -0.4 is 10.6 Å². The topological polar surface area (TPSA) is 139 Å². The summed E-state index contributed by atoms with van der Waals surface area (Å²) in [5, 5.41) is 24.2. The molecular weight excluding hydrogens is 318 g/mol. The van der Waals surface area contributed by atoms with E-state index in [0.29, 0.717) is 0 Å². The van der Waals surface area contributed by atoms with E-state index in [2.05, 4.69) is 10.6 Å². The summed E-state index contributed by atoms with van der Waals surface area (Å²) in [5.41, 5.74) is 0.00708. The minimum absolute atomic E-state index is 0.0844. The highest BCUT2D eigenvalue weighted by Crippen LogP contribution is 2.11. The minimum Gasteiger partial charge on any atom is -0.480 e. The number of benzene rings is 1. The molecule has 24 heavy (non-hydrogen) atoms. The summed E-state index contributed by atoms with van der Waals surface area (Å²) < 4.78 is 0. The van der Waals surface area contributed by atoms with Crippen molar-refractivity contribution in [3.63, 3.8) is 0 Å². The van der Waals surface area contributed by atoms with Crippen LogP contribution in [0.2, 0.25) is 0 Å². The summed E-state index contributed by atoms with van der Waals surface area (Å²) in [6, 6.07) is 3.87. The lowest BCUT2D eigenvalue weighted by molar-refractivity contribution is -0.384. The molecule has 0 bridgehead atoms. The van der Waals surface area contributed by atoms with Crippen molar-refractivity contribution in [2.24, 2.45) is 5.92 Å². The quantitative estimate of drug-likeness (QED) is 0.476. The highest BCUT2D eigenvalue weighted by Gasteiger charge is 2.21. The number of nitro groups is 1. The van der Waals surface area contributed by atoms with Crippen LogP contribution in [0.3, 0.4) is 0 Å². The highest BCUT2D eigenvalue weighted by molar-refractivity contribution is 5.97. The van der Waals surface area contributed by atoms with Crippen molar-refractivity contribution in [1.82, 2.24) is 10.6 Å². The predicted octanol–water partition coefficient (Wildman–Crippen LogP) is 0.940. The zero-order valence-corrected chi connectivity index (χ0v) is 13.3. The van der Waals surface area contributed by atoms with Gasteiger partial charge in [0.25, 0.3) is 11.6 Å². The number of rotatable bonds is 8. The molecular formula is C15H19N3O6. The van der Waals surface area contributed by atoms with E-state index in [4.69, 9.17) is 5.11 Å². The van der Waals surface area contributed by atoms with Crippen LogP contribution in [0.15, 0.2) is 24.3 Å². The van der Waals surface area contributed by atoms with Gasteiger partial charge in [-0.2, -0.15) is 0 Å². The number of non-ortho nitro benzene ring substituents is 1. The van der Waals surface area contributed by atoms with E-state index in [1.807, 2.05) is 13.8 Å². The molecule has 0 aliphatic heterocycles. The lowest BCUT2D eigenvalue weighted by Gasteiger charge is -2.16. The first-order chi connectivity index (χ1) is 11.2. The molecule has 1 aromatic carbocycles. The maximum absolute atomic E-state index is 11.9. The van der Waals surface area contributed by atoms with Gasteiger partial charge < -0.3 is 15.7 Å². The first-order valence-corrected chi connectivity index (χ1v) is 7.25. The molecule has 2 amide bonds. The third kappa shape index (κ3) is 6.03. The maximum Gasteiger partial charge on any atom is 0.326 e. The summed E-state index contributed by atoms with van der Waals surface area (Å²) in [6.07, 6.45) is 0.275. The molecule has 0 saturated carbocycles. The van der Waals surface area contributed by atoms with Crippen LogP contribution >= 0.6 is 0 Å². The number of hydrogen-bond donors (Lipinski definition) is 3. The summed E-state index contributed by atoms with van der Waals surface area (Å²) in [4.78, 5) is 44.6. The van der Waals surface area contributed by atoms with Gasteiger partial charge in [-0.25, -0.2) is 4.79 Å². The first-order valence-electron chi connectivity index (χ1n) is 7.25. The summed E-state index contributed by atoms with van der Waals surface area (Å²) in [6.45, 7) is 3.27. The molecule has 0 aliphatic carbocycles. The summed E-state index contributed by atoms with van der Waals surface area (Å²) >= 11 is 0. The smallest absolute Gasteiger partial charge is 0.326 e. The van der Waals surface area contributed by atoms with Gasteiger partial charge in [0, 0.05) is 17.7 Å². The SMILES string of the molecule is CC(C)C[C@@H](NC(=O)CNC(=O)c1ccc([N+](=O)[O-])cc1)C(=O)O. The van der Waals surface area contributed by atoms with Crippen LogP contribution in [0.4, 0.5) is 5.69 Å². The van der Waals surface area contributed by atoms with E-state index in [1.54, 1.807) is 0 Å². The highest BCUT2D eigenvalue weighted by atomic mass is 16.6. The van der Waals surface area contributed by atoms with Crippen LogP contribution in [0.25, 0.3) is 0 Å². The Morgan fingerprint density at radius 1 is 1.21 bits per heavy atom. The third-order valence-electron chi connectivity index (χ3n) is 3.09. The average Bonchev–Trinajstić information content (AvgIpc) is 2.51. The molecule has 0 radical (unpaired) electrons. The normalized spacial score (nSPS) is 11.6. The number of carboxylic acids is 1. The van der Waals surface area contributed by atoms with E-state index in [9.17, 15) is 24.5 Å². The number of nitrogens with one attached hydrogen (secondary N) is 2. The molecule has 0 spiro atoms. The maximum atomic E-state index is 11.9. The van der Waals surface area contributed by atoms with Crippen LogP contribution in [-0.2, 0) is 9.59 Å². The molecule has 130 valence electrons. The van der Waals surface area contributed by atoms with Gasteiger partial charge in [0.05, 0.1) is 11.5 Å². The van der Waals surface area contributed by atoms with Crippen molar-refractivity contribution in [1.29, 1.82) is 0 Å². The van der Waals surface area contributed by atoms with Crippen LogP contribution in [-0.4, -0.2) is 40.4 Å². The molecule has 0 aromatic heterocycles. The predicted molar refractivity (Wildman–Crippen MR) is 84.5 cm³/mol. The second kappa shape index (κ2) is 8.61. The van der Waals surface area contributed by atoms with Gasteiger partial charge in [-0.3, -0.25) is 19.7 Å². The Kier molecular flexibility index (Phi) is 6.84. The lowest BCUT2D eigenvalue weighted by Crippen LogP contribution is -2.46. The molecule has 0 unspecified atom stereocenters.